The Kier molecular flexibility index (Phi) is 2.42. The molecule has 1 unspecified atom stereocenters. The number of hydrogen-bond donors (Lipinski definition) is 4. The second kappa shape index (κ2) is 3.89. The number of nitrogens with one attached hydrogen (secondary N) is 2. The second-order valence-electron chi connectivity index (χ2n) is 6.96. The van der Waals surface area contributed by atoms with Gasteiger partial charge in [-0.1, -0.05) is 0 Å². The summed E-state index contributed by atoms with van der Waals surface area (Å²) in [5.41, 5.74) is 12.2. The van der Waals surface area contributed by atoms with Crippen LogP contribution < -0.4 is 22.1 Å². The Labute approximate surface area is 119 Å². The van der Waals surface area contributed by atoms with Gasteiger partial charge in [-0.25, -0.2) is 4.99 Å². The standard InChI is InChI=1S/C14H24N6/c1-17-10-2-3-20(8-10)11-7-14(16,19-12(15)18-11)13-4-9(5-13)6-13/h7,9-10,17H,2-6,8,16H2,1H3,(H3,15,18,19)/t9?,10-,13?,14?/m1/s1. The number of guanidine groups is 1. The van der Waals surface area contributed by atoms with Crippen LogP contribution in [0.15, 0.2) is 16.9 Å². The maximum Gasteiger partial charge on any atom is 0.196 e. The molecule has 2 aliphatic heterocycles. The molecule has 5 rings (SSSR count). The van der Waals surface area contributed by atoms with Crippen molar-refractivity contribution in [3.8, 4) is 0 Å². The Bertz CT molecular complexity index is 481. The first kappa shape index (κ1) is 12.5. The maximum absolute atomic E-state index is 6.63. The van der Waals surface area contributed by atoms with E-state index in [0.29, 0.717) is 12.0 Å². The van der Waals surface area contributed by atoms with Gasteiger partial charge in [0, 0.05) is 24.5 Å². The fourth-order valence-corrected chi connectivity index (χ4v) is 4.26. The normalized spacial score (nSPS) is 46.0. The lowest BCUT2D eigenvalue weighted by Gasteiger charge is -2.67. The Morgan fingerprint density at radius 2 is 2.20 bits per heavy atom. The van der Waals surface area contributed by atoms with E-state index >= 15 is 0 Å². The Hall–Kier alpha value is -1.27. The van der Waals surface area contributed by atoms with Gasteiger partial charge in [-0.2, -0.15) is 0 Å². The maximum atomic E-state index is 6.63. The third-order valence-corrected chi connectivity index (χ3v) is 5.74. The lowest BCUT2D eigenvalue weighted by Crippen LogP contribution is -2.69. The van der Waals surface area contributed by atoms with E-state index < -0.39 is 5.66 Å². The van der Waals surface area contributed by atoms with Crippen molar-refractivity contribution < 1.29 is 0 Å². The molecule has 3 saturated carbocycles. The van der Waals surface area contributed by atoms with Crippen LogP contribution in [0, 0.1) is 11.3 Å². The van der Waals surface area contributed by atoms with Crippen molar-refractivity contribution in [3.05, 3.63) is 11.9 Å². The third-order valence-electron chi connectivity index (χ3n) is 5.74. The number of hydrogen-bond acceptors (Lipinski definition) is 6. The van der Waals surface area contributed by atoms with Crippen molar-refractivity contribution in [2.75, 3.05) is 20.1 Å². The average molecular weight is 276 g/mol. The van der Waals surface area contributed by atoms with Gasteiger partial charge >= 0.3 is 0 Å². The molecule has 5 aliphatic rings. The highest BCUT2D eigenvalue weighted by atomic mass is 15.3. The summed E-state index contributed by atoms with van der Waals surface area (Å²) in [4.78, 5) is 6.88. The quantitative estimate of drug-likeness (QED) is 0.557. The molecule has 0 spiro atoms. The molecule has 2 heterocycles. The van der Waals surface area contributed by atoms with E-state index in [1.165, 1.54) is 19.3 Å². The molecule has 110 valence electrons. The molecule has 2 bridgehead atoms. The highest BCUT2D eigenvalue weighted by Crippen LogP contribution is 2.69. The van der Waals surface area contributed by atoms with Crippen LogP contribution in [0.4, 0.5) is 0 Å². The highest BCUT2D eigenvalue weighted by molar-refractivity contribution is 5.81. The van der Waals surface area contributed by atoms with Crippen LogP contribution in [0.2, 0.25) is 0 Å². The van der Waals surface area contributed by atoms with Gasteiger partial charge in [0.25, 0.3) is 0 Å². The van der Waals surface area contributed by atoms with Crippen LogP contribution in [0.25, 0.3) is 0 Å². The van der Waals surface area contributed by atoms with Crippen LogP contribution in [-0.2, 0) is 0 Å². The van der Waals surface area contributed by atoms with Crippen LogP contribution >= 0.6 is 0 Å². The van der Waals surface area contributed by atoms with Crippen molar-refractivity contribution in [2.24, 2.45) is 27.8 Å². The van der Waals surface area contributed by atoms with Gasteiger partial charge in [-0.3, -0.25) is 0 Å². The third kappa shape index (κ3) is 1.55. The number of aliphatic imine (C=N–C) groups is 1. The van der Waals surface area contributed by atoms with Gasteiger partial charge < -0.3 is 27.0 Å². The van der Waals surface area contributed by atoms with Gasteiger partial charge in [0.15, 0.2) is 5.96 Å². The monoisotopic (exact) mass is 276 g/mol. The lowest BCUT2D eigenvalue weighted by atomic mass is 9.40. The number of likely N-dealkylation sites (tertiary alicyclic amines) is 1. The molecule has 6 heteroatoms. The SMILES string of the molecule is CN[C@@H]1CCN(C2=CC(N)(C34CC(C3)C4)N=C(N)N2)C1. The lowest BCUT2D eigenvalue weighted by molar-refractivity contribution is -0.147. The van der Waals surface area contributed by atoms with E-state index in [1.54, 1.807) is 0 Å². The van der Waals surface area contributed by atoms with Crippen LogP contribution in [0.1, 0.15) is 25.7 Å². The minimum Gasteiger partial charge on any atom is -0.370 e. The first-order valence-corrected chi connectivity index (χ1v) is 7.60. The molecule has 0 radical (unpaired) electrons. The molecular weight excluding hydrogens is 252 g/mol. The molecule has 0 aromatic heterocycles. The van der Waals surface area contributed by atoms with Crippen molar-refractivity contribution in [3.63, 3.8) is 0 Å². The second-order valence-corrected chi connectivity index (χ2v) is 6.96. The first-order valence-electron chi connectivity index (χ1n) is 7.60. The smallest absolute Gasteiger partial charge is 0.196 e. The van der Waals surface area contributed by atoms with Gasteiger partial charge in [-0.05, 0) is 44.7 Å². The molecule has 3 aliphatic carbocycles. The minimum absolute atomic E-state index is 0.178. The first-order chi connectivity index (χ1) is 9.53. The summed E-state index contributed by atoms with van der Waals surface area (Å²) < 4.78 is 0. The summed E-state index contributed by atoms with van der Waals surface area (Å²) in [6.07, 6.45) is 6.91. The summed E-state index contributed by atoms with van der Waals surface area (Å²) in [5.74, 6) is 2.39. The van der Waals surface area contributed by atoms with Gasteiger partial charge in [0.2, 0.25) is 0 Å². The predicted molar refractivity (Wildman–Crippen MR) is 78.6 cm³/mol. The van der Waals surface area contributed by atoms with E-state index in [4.69, 9.17) is 11.5 Å². The zero-order chi connectivity index (χ0) is 14.0. The summed E-state index contributed by atoms with van der Waals surface area (Å²) >= 11 is 0. The number of nitrogens with zero attached hydrogens (tertiary/aromatic N) is 2. The van der Waals surface area contributed by atoms with Crippen molar-refractivity contribution in [1.29, 1.82) is 0 Å². The predicted octanol–water partition coefficient (Wildman–Crippen LogP) is -0.505. The molecule has 0 amide bonds. The zero-order valence-electron chi connectivity index (χ0n) is 12.0. The molecule has 0 aromatic rings. The summed E-state index contributed by atoms with van der Waals surface area (Å²) in [6.45, 7) is 2.03. The number of likely N-dealkylation sites (N-methyl/N-ethyl adjacent to an activating group) is 1. The molecule has 20 heavy (non-hydrogen) atoms. The average Bonchev–Trinajstić information content (AvgIpc) is 2.70. The Balaban J connectivity index is 1.59. The van der Waals surface area contributed by atoms with E-state index in [9.17, 15) is 0 Å². The van der Waals surface area contributed by atoms with Gasteiger partial charge in [0.1, 0.15) is 11.5 Å². The summed E-state index contributed by atoms with van der Waals surface area (Å²) in [5, 5.41) is 6.54. The molecule has 6 N–H and O–H groups in total. The highest BCUT2D eigenvalue weighted by Gasteiger charge is 2.66. The summed E-state index contributed by atoms with van der Waals surface area (Å²) in [7, 11) is 2.02. The van der Waals surface area contributed by atoms with E-state index in [-0.39, 0.29) is 5.41 Å². The topological polar surface area (TPSA) is 91.7 Å². The molecule has 1 saturated heterocycles. The minimum atomic E-state index is -0.607. The van der Waals surface area contributed by atoms with E-state index in [2.05, 4.69) is 26.6 Å². The number of rotatable bonds is 3. The fourth-order valence-electron chi connectivity index (χ4n) is 4.26. The molecule has 2 atom stereocenters. The molecular formula is C14H24N6. The van der Waals surface area contributed by atoms with Crippen molar-refractivity contribution >= 4 is 5.96 Å². The van der Waals surface area contributed by atoms with E-state index in [1.807, 2.05) is 7.05 Å². The molecule has 4 fully saturated rings. The zero-order valence-corrected chi connectivity index (χ0v) is 12.0. The number of nitrogens with two attached hydrogens (primary N) is 2. The molecule has 6 nitrogen and oxygen atoms in total. The van der Waals surface area contributed by atoms with Gasteiger partial charge in [0.05, 0.1) is 0 Å². The molecule has 0 aromatic carbocycles. The van der Waals surface area contributed by atoms with Crippen LogP contribution in [0.3, 0.4) is 0 Å². The van der Waals surface area contributed by atoms with Crippen molar-refractivity contribution in [1.82, 2.24) is 15.5 Å². The van der Waals surface area contributed by atoms with Crippen LogP contribution in [-0.4, -0.2) is 42.7 Å². The Morgan fingerprint density at radius 1 is 1.45 bits per heavy atom. The summed E-state index contributed by atoms with van der Waals surface area (Å²) in [6, 6.07) is 0.542. The van der Waals surface area contributed by atoms with Gasteiger partial charge in [-0.15, -0.1) is 0 Å². The fraction of sp³-hybridized carbons (Fsp3) is 0.786. The Morgan fingerprint density at radius 3 is 2.75 bits per heavy atom. The largest absolute Gasteiger partial charge is 0.370 e. The van der Waals surface area contributed by atoms with Crippen LogP contribution in [0.5, 0.6) is 0 Å². The van der Waals surface area contributed by atoms with Crippen molar-refractivity contribution in [2.45, 2.75) is 37.4 Å². The van der Waals surface area contributed by atoms with E-state index in [0.717, 1.165) is 31.2 Å².